The van der Waals surface area contributed by atoms with Gasteiger partial charge in [-0.1, -0.05) is 23.7 Å². The van der Waals surface area contributed by atoms with Crippen LogP contribution in [-0.4, -0.2) is 92.2 Å². The predicted molar refractivity (Wildman–Crippen MR) is 168 cm³/mol. The van der Waals surface area contributed by atoms with Gasteiger partial charge in [0.25, 0.3) is 11.8 Å². The molecule has 45 heavy (non-hydrogen) atoms. The van der Waals surface area contributed by atoms with Crippen LogP contribution in [0.3, 0.4) is 0 Å². The van der Waals surface area contributed by atoms with Crippen molar-refractivity contribution in [2.75, 3.05) is 19.7 Å². The zero-order valence-electron chi connectivity index (χ0n) is 26.8. The number of nitrogens with zero attached hydrogens (tertiary/aromatic N) is 4. The first-order valence-electron chi connectivity index (χ1n) is 15.1. The van der Waals surface area contributed by atoms with Gasteiger partial charge in [0, 0.05) is 31.2 Å². The summed E-state index contributed by atoms with van der Waals surface area (Å²) in [6, 6.07) is 6.28. The van der Waals surface area contributed by atoms with Gasteiger partial charge < -0.3 is 24.3 Å². The number of carbonyl (C=O) groups is 3. The Kier molecular flexibility index (Phi) is 8.32. The van der Waals surface area contributed by atoms with Crippen molar-refractivity contribution in [3.63, 3.8) is 0 Å². The smallest absolute Gasteiger partial charge is 0.412 e. The summed E-state index contributed by atoms with van der Waals surface area (Å²) in [6.45, 7) is 12.8. The maximum absolute atomic E-state index is 14.5. The molecule has 1 unspecified atom stereocenters. The highest BCUT2D eigenvalue weighted by Crippen LogP contribution is 2.52. The Labute approximate surface area is 269 Å². The Bertz CT molecular complexity index is 1610. The van der Waals surface area contributed by atoms with Gasteiger partial charge in [-0.05, 0) is 79.0 Å². The molecule has 5 rings (SSSR count). The maximum atomic E-state index is 14.5. The third-order valence-electron chi connectivity index (χ3n) is 8.95. The summed E-state index contributed by atoms with van der Waals surface area (Å²) in [4.78, 5) is 47.0. The van der Waals surface area contributed by atoms with Gasteiger partial charge in [-0.25, -0.2) is 18.2 Å². The number of hydrogen-bond acceptors (Lipinski definition) is 8. The molecule has 1 aliphatic carbocycles. The van der Waals surface area contributed by atoms with Gasteiger partial charge in [-0.15, -0.1) is 0 Å². The highest BCUT2D eigenvalue weighted by Gasteiger charge is 2.65. The molecule has 12 nitrogen and oxygen atoms in total. The molecule has 1 aromatic heterocycles. The summed E-state index contributed by atoms with van der Waals surface area (Å²) >= 11 is 5.93. The predicted octanol–water partition coefficient (Wildman–Crippen LogP) is 4.02. The molecule has 1 N–H and O–H groups in total. The molecule has 0 bridgehead atoms. The summed E-state index contributed by atoms with van der Waals surface area (Å²) in [5, 5.41) is 3.42. The molecule has 3 aliphatic rings. The maximum Gasteiger partial charge on any atom is 0.412 e. The summed E-state index contributed by atoms with van der Waals surface area (Å²) in [5.41, 5.74) is -0.760. The number of amides is 3. The standard InChI is InChI=1S/C31H42ClN5O7S/c1-28(2,3)44-27(40)37-23(18-43-30(37,6)7)29(4,5)45(41,42)31(12-13-31)19-35-14-15-36-22(26(35)39)17-33-24(36)25(38)34-16-20-8-10-21(32)11-9-20/h8-11,17,23H,12-16,18-19H2,1-7H3,(H,34,38). The largest absolute Gasteiger partial charge is 0.444 e. The van der Waals surface area contributed by atoms with E-state index >= 15 is 0 Å². The van der Waals surface area contributed by atoms with Crippen molar-refractivity contribution >= 4 is 39.3 Å². The number of fused-ring (bicyclic) bond motifs is 1. The molecule has 0 radical (unpaired) electrons. The third-order valence-corrected chi connectivity index (χ3v) is 12.5. The van der Waals surface area contributed by atoms with E-state index in [0.29, 0.717) is 24.4 Å². The van der Waals surface area contributed by atoms with E-state index in [1.165, 1.54) is 16.0 Å². The molecular weight excluding hydrogens is 622 g/mol. The minimum Gasteiger partial charge on any atom is -0.444 e. The fraction of sp³-hybridized carbons (Fsp3) is 0.613. The molecule has 1 saturated heterocycles. The van der Waals surface area contributed by atoms with Gasteiger partial charge in [-0.3, -0.25) is 14.5 Å². The van der Waals surface area contributed by atoms with Crippen LogP contribution >= 0.6 is 11.6 Å². The second-order valence-electron chi connectivity index (χ2n) is 14.1. The van der Waals surface area contributed by atoms with Gasteiger partial charge >= 0.3 is 6.09 Å². The molecule has 3 amide bonds. The minimum atomic E-state index is -3.93. The van der Waals surface area contributed by atoms with Crippen LogP contribution in [0.4, 0.5) is 4.79 Å². The van der Waals surface area contributed by atoms with Crippen molar-refractivity contribution in [3.05, 3.63) is 52.6 Å². The van der Waals surface area contributed by atoms with Gasteiger partial charge in [0.15, 0.2) is 15.7 Å². The molecule has 14 heteroatoms. The topological polar surface area (TPSA) is 140 Å². The Morgan fingerprint density at radius 1 is 1.11 bits per heavy atom. The van der Waals surface area contributed by atoms with Crippen molar-refractivity contribution in [1.82, 2.24) is 24.7 Å². The second-order valence-corrected chi connectivity index (χ2v) is 17.4. The quantitative estimate of drug-likeness (QED) is 0.447. The molecule has 2 fully saturated rings. The van der Waals surface area contributed by atoms with E-state index < -0.39 is 48.7 Å². The highest BCUT2D eigenvalue weighted by atomic mass is 35.5. The van der Waals surface area contributed by atoms with Crippen molar-refractivity contribution in [2.24, 2.45) is 0 Å². The molecular formula is C31H42ClN5O7S. The lowest BCUT2D eigenvalue weighted by Crippen LogP contribution is -2.61. The van der Waals surface area contributed by atoms with Crippen LogP contribution in [-0.2, 0) is 32.4 Å². The number of sulfone groups is 1. The van der Waals surface area contributed by atoms with E-state index in [0.717, 1.165) is 5.56 Å². The number of ether oxygens (including phenoxy) is 2. The van der Waals surface area contributed by atoms with Crippen LogP contribution < -0.4 is 5.32 Å². The monoisotopic (exact) mass is 663 g/mol. The van der Waals surface area contributed by atoms with Gasteiger partial charge in [-0.2, -0.15) is 0 Å². The SMILES string of the molecule is CC(C)(C)OC(=O)N1C(C(C)(C)S(=O)(=O)C2(CN3CCn4c(cnc4C(=O)NCc4ccc(Cl)cc4)C3=O)CC2)COC1(C)C. The third kappa shape index (κ3) is 6.06. The molecule has 2 aromatic rings. The number of imidazole rings is 1. The Morgan fingerprint density at radius 3 is 2.36 bits per heavy atom. The number of carbonyl (C=O) groups excluding carboxylic acids is 3. The summed E-state index contributed by atoms with van der Waals surface area (Å²) < 4.78 is 39.5. The van der Waals surface area contributed by atoms with Crippen LogP contribution in [0.25, 0.3) is 0 Å². The van der Waals surface area contributed by atoms with Crippen molar-refractivity contribution in [3.8, 4) is 0 Å². The van der Waals surface area contributed by atoms with E-state index in [1.54, 1.807) is 65.2 Å². The van der Waals surface area contributed by atoms with E-state index in [1.807, 2.05) is 12.1 Å². The molecule has 0 spiro atoms. The lowest BCUT2D eigenvalue weighted by molar-refractivity contribution is -0.0634. The fourth-order valence-electron chi connectivity index (χ4n) is 6.16. The van der Waals surface area contributed by atoms with E-state index in [2.05, 4.69) is 10.3 Å². The Balaban J connectivity index is 1.31. The first kappa shape index (κ1) is 33.2. The molecule has 1 aromatic carbocycles. The lowest BCUT2D eigenvalue weighted by Gasteiger charge is -2.42. The summed E-state index contributed by atoms with van der Waals surface area (Å²) in [7, 11) is -3.93. The normalized spacial score (nSPS) is 21.0. The number of nitrogens with one attached hydrogen (secondary N) is 1. The van der Waals surface area contributed by atoms with Crippen LogP contribution in [0.15, 0.2) is 30.5 Å². The number of halogens is 1. The van der Waals surface area contributed by atoms with Gasteiger partial charge in [0.1, 0.15) is 17.0 Å². The zero-order chi connectivity index (χ0) is 33.2. The second kappa shape index (κ2) is 11.3. The first-order valence-corrected chi connectivity index (χ1v) is 16.9. The number of benzene rings is 1. The zero-order valence-corrected chi connectivity index (χ0v) is 28.4. The molecule has 1 saturated carbocycles. The highest BCUT2D eigenvalue weighted by molar-refractivity contribution is 7.94. The van der Waals surface area contributed by atoms with Gasteiger partial charge in [0.05, 0.1) is 28.3 Å². The van der Waals surface area contributed by atoms with E-state index in [9.17, 15) is 22.8 Å². The number of aromatic nitrogens is 2. The average Bonchev–Trinajstić information content (AvgIpc) is 3.47. The van der Waals surface area contributed by atoms with Crippen molar-refractivity contribution < 1.29 is 32.3 Å². The lowest BCUT2D eigenvalue weighted by atomic mass is 10.0. The van der Waals surface area contributed by atoms with Crippen LogP contribution in [0.1, 0.15) is 88.0 Å². The summed E-state index contributed by atoms with van der Waals surface area (Å²) in [6.07, 6.45) is 1.50. The average molecular weight is 664 g/mol. The number of hydrogen-bond donors (Lipinski definition) is 1. The van der Waals surface area contributed by atoms with Crippen LogP contribution in [0.2, 0.25) is 5.02 Å². The minimum absolute atomic E-state index is 0.00425. The summed E-state index contributed by atoms with van der Waals surface area (Å²) in [5.74, 6) is -0.685. The number of rotatable bonds is 8. The Morgan fingerprint density at radius 2 is 1.76 bits per heavy atom. The molecule has 1 atom stereocenters. The fourth-order valence-corrected chi connectivity index (χ4v) is 8.90. The molecule has 246 valence electrons. The van der Waals surface area contributed by atoms with Crippen molar-refractivity contribution in [2.45, 2.75) is 101 Å². The van der Waals surface area contributed by atoms with Crippen molar-refractivity contribution in [1.29, 1.82) is 0 Å². The van der Waals surface area contributed by atoms with Crippen LogP contribution in [0.5, 0.6) is 0 Å². The first-order chi connectivity index (χ1) is 20.8. The molecule has 3 heterocycles. The molecule has 2 aliphatic heterocycles. The van der Waals surface area contributed by atoms with Gasteiger partial charge in [0.2, 0.25) is 0 Å². The van der Waals surface area contributed by atoms with E-state index in [-0.39, 0.29) is 43.7 Å². The van der Waals surface area contributed by atoms with Crippen LogP contribution in [0, 0.1) is 0 Å². The van der Waals surface area contributed by atoms with E-state index in [4.69, 9.17) is 21.1 Å². The Hall–Kier alpha value is -3.16.